The van der Waals surface area contributed by atoms with Crippen molar-refractivity contribution in [2.75, 3.05) is 14.2 Å². The van der Waals surface area contributed by atoms with E-state index in [9.17, 15) is 4.79 Å². The summed E-state index contributed by atoms with van der Waals surface area (Å²) >= 11 is 0. The van der Waals surface area contributed by atoms with E-state index in [0.717, 1.165) is 24.3 Å². The number of rotatable bonds is 5. The fraction of sp³-hybridized carbons (Fsp3) is 0.462. The van der Waals surface area contributed by atoms with Crippen LogP contribution in [0.2, 0.25) is 0 Å². The molecule has 0 heterocycles. The number of carboxylic acid groups (broad SMARTS) is 1. The van der Waals surface area contributed by atoms with Crippen molar-refractivity contribution in [1.29, 1.82) is 0 Å². The summed E-state index contributed by atoms with van der Waals surface area (Å²) in [5.74, 6) is -0.0385. The molecule has 17 heavy (non-hydrogen) atoms. The highest BCUT2D eigenvalue weighted by molar-refractivity contribution is 5.74. The number of carbonyl (C=O) groups is 1. The molecule has 0 saturated heterocycles. The lowest BCUT2D eigenvalue weighted by Gasteiger charge is -2.18. The van der Waals surface area contributed by atoms with Gasteiger partial charge in [-0.1, -0.05) is 18.2 Å². The van der Waals surface area contributed by atoms with E-state index >= 15 is 0 Å². The molecule has 2 atom stereocenters. The van der Waals surface area contributed by atoms with Gasteiger partial charge >= 0.3 is 5.97 Å². The van der Waals surface area contributed by atoms with Gasteiger partial charge < -0.3 is 9.84 Å². The molecule has 1 aliphatic rings. The van der Waals surface area contributed by atoms with Crippen LogP contribution >= 0.6 is 0 Å². The predicted octanol–water partition coefficient (Wildman–Crippen LogP) is 1.60. The molecule has 0 radical (unpaired) electrons. The van der Waals surface area contributed by atoms with Gasteiger partial charge in [-0.25, -0.2) is 0 Å². The van der Waals surface area contributed by atoms with Crippen LogP contribution in [0.3, 0.4) is 0 Å². The third-order valence-electron chi connectivity index (χ3n) is 3.25. The minimum atomic E-state index is -0.693. The predicted molar refractivity (Wildman–Crippen MR) is 64.0 cm³/mol. The lowest BCUT2D eigenvalue weighted by Crippen LogP contribution is -2.23. The standard InChI is InChI=1S/C13H17NO3/c1-14(11-7-10(11)13(15)16)8-9-5-3-4-6-12(9)17-2/h3-6,10-11H,7-8H2,1-2H3,(H,15,16). The first-order chi connectivity index (χ1) is 8.13. The van der Waals surface area contributed by atoms with E-state index in [1.165, 1.54) is 0 Å². The van der Waals surface area contributed by atoms with Gasteiger partial charge in [0.25, 0.3) is 0 Å². The van der Waals surface area contributed by atoms with Crippen LogP contribution in [0.1, 0.15) is 12.0 Å². The average Bonchev–Trinajstić information content (AvgIpc) is 3.09. The van der Waals surface area contributed by atoms with Crippen molar-refractivity contribution in [2.24, 2.45) is 5.92 Å². The number of benzene rings is 1. The zero-order valence-electron chi connectivity index (χ0n) is 10.1. The highest BCUT2D eigenvalue weighted by Crippen LogP contribution is 2.36. The monoisotopic (exact) mass is 235 g/mol. The molecular weight excluding hydrogens is 218 g/mol. The van der Waals surface area contributed by atoms with Crippen LogP contribution in [0.15, 0.2) is 24.3 Å². The molecule has 0 aromatic heterocycles. The maximum atomic E-state index is 10.8. The number of ether oxygens (including phenoxy) is 1. The van der Waals surface area contributed by atoms with Crippen molar-refractivity contribution < 1.29 is 14.6 Å². The van der Waals surface area contributed by atoms with E-state index in [1.807, 2.05) is 31.3 Å². The first kappa shape index (κ1) is 11.9. The number of methoxy groups -OCH3 is 1. The minimum absolute atomic E-state index is 0.164. The van der Waals surface area contributed by atoms with E-state index in [0.29, 0.717) is 0 Å². The van der Waals surface area contributed by atoms with Crippen LogP contribution in [-0.4, -0.2) is 36.2 Å². The summed E-state index contributed by atoms with van der Waals surface area (Å²) in [6, 6.07) is 7.99. The van der Waals surface area contributed by atoms with Gasteiger partial charge in [-0.2, -0.15) is 0 Å². The van der Waals surface area contributed by atoms with Crippen LogP contribution in [0, 0.1) is 5.92 Å². The van der Waals surface area contributed by atoms with Gasteiger partial charge in [-0.05, 0) is 19.5 Å². The number of para-hydroxylation sites is 1. The Hall–Kier alpha value is -1.55. The molecule has 92 valence electrons. The summed E-state index contributed by atoms with van der Waals surface area (Å²) in [4.78, 5) is 12.9. The molecule has 1 aliphatic carbocycles. The fourth-order valence-electron chi connectivity index (χ4n) is 2.15. The lowest BCUT2D eigenvalue weighted by molar-refractivity contribution is -0.138. The Morgan fingerprint density at radius 1 is 1.53 bits per heavy atom. The SMILES string of the molecule is COc1ccccc1CN(C)C1CC1C(=O)O. The molecule has 0 spiro atoms. The van der Waals surface area contributed by atoms with Crippen molar-refractivity contribution in [3.63, 3.8) is 0 Å². The largest absolute Gasteiger partial charge is 0.496 e. The Labute approximate surface area is 101 Å². The third kappa shape index (κ3) is 2.58. The Balaban J connectivity index is 1.99. The van der Waals surface area contributed by atoms with Crippen LogP contribution in [-0.2, 0) is 11.3 Å². The number of carboxylic acids is 1. The maximum Gasteiger partial charge on any atom is 0.308 e. The molecule has 1 saturated carbocycles. The van der Waals surface area contributed by atoms with Crippen molar-refractivity contribution in [1.82, 2.24) is 4.90 Å². The average molecular weight is 235 g/mol. The molecule has 1 fully saturated rings. The molecule has 0 bridgehead atoms. The summed E-state index contributed by atoms with van der Waals surface area (Å²) in [6.45, 7) is 0.721. The molecule has 4 nitrogen and oxygen atoms in total. The van der Waals surface area contributed by atoms with E-state index in [2.05, 4.69) is 4.90 Å². The molecule has 0 aliphatic heterocycles. The highest BCUT2D eigenvalue weighted by atomic mass is 16.5. The zero-order chi connectivity index (χ0) is 12.4. The summed E-state index contributed by atoms with van der Waals surface area (Å²) in [6.07, 6.45) is 0.751. The molecule has 1 N–H and O–H groups in total. The Morgan fingerprint density at radius 3 is 2.82 bits per heavy atom. The molecule has 1 aromatic carbocycles. The van der Waals surface area contributed by atoms with E-state index < -0.39 is 5.97 Å². The van der Waals surface area contributed by atoms with Crippen molar-refractivity contribution in [3.8, 4) is 5.75 Å². The van der Waals surface area contributed by atoms with Crippen molar-refractivity contribution >= 4 is 5.97 Å². The minimum Gasteiger partial charge on any atom is -0.496 e. The van der Waals surface area contributed by atoms with Gasteiger partial charge in [0, 0.05) is 18.2 Å². The van der Waals surface area contributed by atoms with E-state index in [-0.39, 0.29) is 12.0 Å². The first-order valence-corrected chi connectivity index (χ1v) is 5.68. The summed E-state index contributed by atoms with van der Waals surface area (Å²) in [5.41, 5.74) is 1.09. The normalized spacial score (nSPS) is 22.5. The Morgan fingerprint density at radius 2 is 2.24 bits per heavy atom. The first-order valence-electron chi connectivity index (χ1n) is 5.68. The quantitative estimate of drug-likeness (QED) is 0.842. The molecule has 2 unspecified atom stereocenters. The molecule has 0 amide bonds. The second-order valence-corrected chi connectivity index (χ2v) is 4.47. The van der Waals surface area contributed by atoms with Crippen LogP contribution in [0.25, 0.3) is 0 Å². The highest BCUT2D eigenvalue weighted by Gasteiger charge is 2.45. The number of hydrogen-bond donors (Lipinski definition) is 1. The maximum absolute atomic E-state index is 10.8. The van der Waals surface area contributed by atoms with E-state index in [4.69, 9.17) is 9.84 Å². The van der Waals surface area contributed by atoms with Crippen LogP contribution < -0.4 is 4.74 Å². The fourth-order valence-corrected chi connectivity index (χ4v) is 2.15. The van der Waals surface area contributed by atoms with Gasteiger partial charge in [0.2, 0.25) is 0 Å². The zero-order valence-corrected chi connectivity index (χ0v) is 10.1. The smallest absolute Gasteiger partial charge is 0.308 e. The molecular formula is C13H17NO3. The van der Waals surface area contributed by atoms with Crippen molar-refractivity contribution in [3.05, 3.63) is 29.8 Å². The molecule has 1 aromatic rings. The van der Waals surface area contributed by atoms with Gasteiger partial charge in [0.05, 0.1) is 13.0 Å². The second-order valence-electron chi connectivity index (χ2n) is 4.47. The summed E-state index contributed by atoms with van der Waals surface area (Å²) in [7, 11) is 3.61. The second kappa shape index (κ2) is 4.75. The van der Waals surface area contributed by atoms with Gasteiger partial charge in [0.15, 0.2) is 0 Å². The number of aliphatic carboxylic acids is 1. The van der Waals surface area contributed by atoms with E-state index in [1.54, 1.807) is 7.11 Å². The number of hydrogen-bond acceptors (Lipinski definition) is 3. The van der Waals surface area contributed by atoms with Crippen LogP contribution in [0.5, 0.6) is 5.75 Å². The van der Waals surface area contributed by atoms with Gasteiger partial charge in [-0.15, -0.1) is 0 Å². The molecule has 2 rings (SSSR count). The number of nitrogens with zero attached hydrogens (tertiary/aromatic N) is 1. The van der Waals surface area contributed by atoms with Crippen molar-refractivity contribution in [2.45, 2.75) is 19.0 Å². The lowest BCUT2D eigenvalue weighted by atomic mass is 10.2. The topological polar surface area (TPSA) is 49.8 Å². The molecule has 4 heteroatoms. The Bertz CT molecular complexity index is 419. The summed E-state index contributed by atoms with van der Waals surface area (Å²) in [5, 5.41) is 8.89. The summed E-state index contributed by atoms with van der Waals surface area (Å²) < 4.78 is 5.28. The third-order valence-corrected chi connectivity index (χ3v) is 3.25. The Kier molecular flexibility index (Phi) is 3.33. The van der Waals surface area contributed by atoms with Gasteiger partial charge in [-0.3, -0.25) is 9.69 Å². The van der Waals surface area contributed by atoms with Gasteiger partial charge in [0.1, 0.15) is 5.75 Å². The van der Waals surface area contributed by atoms with Crippen LogP contribution in [0.4, 0.5) is 0 Å².